The minimum Gasteiger partial charge on any atom is -0.439 e. The second kappa shape index (κ2) is 3.21. The molecule has 0 fully saturated rings. The summed E-state index contributed by atoms with van der Waals surface area (Å²) in [5.41, 5.74) is 1.56. The van der Waals surface area contributed by atoms with E-state index >= 15 is 0 Å². The Balaban J connectivity index is 2.59. The summed E-state index contributed by atoms with van der Waals surface area (Å²) in [6, 6.07) is 3.38. The van der Waals surface area contributed by atoms with Crippen molar-refractivity contribution < 1.29 is 9.21 Å². The Morgan fingerprint density at radius 1 is 1.43 bits per heavy atom. The number of carbonyl (C=O) groups is 1. The summed E-state index contributed by atoms with van der Waals surface area (Å²) in [6.45, 7) is 3.44. The summed E-state index contributed by atoms with van der Waals surface area (Å²) in [5.74, 6) is 0.584. The van der Waals surface area contributed by atoms with Crippen LogP contribution in [0.1, 0.15) is 30.2 Å². The summed E-state index contributed by atoms with van der Waals surface area (Å²) in [4.78, 5) is 19.3. The molecule has 0 saturated carbocycles. The van der Waals surface area contributed by atoms with Crippen molar-refractivity contribution in [2.24, 2.45) is 0 Å². The molecule has 0 bridgehead atoms. The Morgan fingerprint density at radius 3 is 2.86 bits per heavy atom. The van der Waals surface area contributed by atoms with Gasteiger partial charge in [-0.2, -0.15) is 4.98 Å². The molecule has 0 unspecified atom stereocenters. The number of hydrogen-bond acceptors (Lipinski definition) is 4. The van der Waals surface area contributed by atoms with Gasteiger partial charge >= 0.3 is 0 Å². The van der Waals surface area contributed by atoms with Crippen molar-refractivity contribution in [3.05, 3.63) is 23.7 Å². The Kier molecular flexibility index (Phi) is 2.04. The number of pyridine rings is 1. The first-order valence-electron chi connectivity index (χ1n) is 4.48. The molecular weight excluding hydrogens is 180 g/mol. The van der Waals surface area contributed by atoms with Crippen molar-refractivity contribution in [3.8, 4) is 0 Å². The first-order chi connectivity index (χ1) is 6.70. The minimum absolute atomic E-state index is 0.0621. The normalized spacial score (nSPS) is 10.7. The van der Waals surface area contributed by atoms with Crippen molar-refractivity contribution in [3.63, 3.8) is 0 Å². The van der Waals surface area contributed by atoms with Crippen molar-refractivity contribution in [1.29, 1.82) is 0 Å². The standard InChI is InChI=1S/C10H10N2O2/c1-3-9-12-10-8(14-9)5-4-7(11-10)6(2)13/h4-5H,3H2,1-2H3. The smallest absolute Gasteiger partial charge is 0.199 e. The Hall–Kier alpha value is -1.71. The van der Waals surface area contributed by atoms with Crippen LogP contribution < -0.4 is 0 Å². The van der Waals surface area contributed by atoms with Crippen molar-refractivity contribution in [2.75, 3.05) is 0 Å². The molecule has 0 spiro atoms. The minimum atomic E-state index is -0.0621. The number of aromatic nitrogens is 2. The molecule has 0 radical (unpaired) electrons. The molecule has 0 aliphatic rings. The van der Waals surface area contributed by atoms with Gasteiger partial charge in [-0.15, -0.1) is 0 Å². The predicted molar refractivity (Wildman–Crippen MR) is 51.2 cm³/mol. The fraction of sp³-hybridized carbons (Fsp3) is 0.300. The molecule has 0 saturated heterocycles. The Morgan fingerprint density at radius 2 is 2.21 bits per heavy atom. The summed E-state index contributed by atoms with van der Waals surface area (Å²) in [5, 5.41) is 0. The number of rotatable bonds is 2. The van der Waals surface area contributed by atoms with Gasteiger partial charge in [0.2, 0.25) is 0 Å². The number of aryl methyl sites for hydroxylation is 1. The molecule has 2 rings (SSSR count). The topological polar surface area (TPSA) is 56.0 Å². The number of carbonyl (C=O) groups excluding carboxylic acids is 1. The van der Waals surface area contributed by atoms with Crippen LogP contribution in [0, 0.1) is 0 Å². The average molecular weight is 190 g/mol. The molecule has 2 aromatic heterocycles. The van der Waals surface area contributed by atoms with E-state index in [4.69, 9.17) is 4.42 Å². The van der Waals surface area contributed by atoms with Gasteiger partial charge in [0.25, 0.3) is 0 Å². The number of hydrogen-bond donors (Lipinski definition) is 0. The fourth-order valence-electron chi connectivity index (χ4n) is 1.21. The maximum atomic E-state index is 11.0. The van der Waals surface area contributed by atoms with Crippen LogP contribution >= 0.6 is 0 Å². The zero-order valence-corrected chi connectivity index (χ0v) is 8.07. The SMILES string of the molecule is CCc1nc2nc(C(C)=O)ccc2o1. The molecule has 2 heterocycles. The second-order valence-electron chi connectivity index (χ2n) is 3.04. The van der Waals surface area contributed by atoms with Crippen LogP contribution in [-0.4, -0.2) is 15.8 Å². The highest BCUT2D eigenvalue weighted by atomic mass is 16.3. The van der Waals surface area contributed by atoms with Crippen LogP contribution in [0.25, 0.3) is 11.2 Å². The highest BCUT2D eigenvalue weighted by Gasteiger charge is 2.08. The predicted octanol–water partition coefficient (Wildman–Crippen LogP) is 1.99. The van der Waals surface area contributed by atoms with E-state index in [2.05, 4.69) is 9.97 Å². The number of Topliss-reactive ketones (excluding diaryl/α,β-unsaturated/α-hetero) is 1. The Bertz CT molecular complexity index is 488. The molecule has 14 heavy (non-hydrogen) atoms. The molecule has 0 aliphatic heterocycles. The van der Waals surface area contributed by atoms with Gasteiger partial charge in [-0.3, -0.25) is 4.79 Å². The van der Waals surface area contributed by atoms with E-state index in [0.717, 1.165) is 6.42 Å². The lowest BCUT2D eigenvalue weighted by Gasteiger charge is -1.91. The van der Waals surface area contributed by atoms with E-state index < -0.39 is 0 Å². The summed E-state index contributed by atoms with van der Waals surface area (Å²) in [7, 11) is 0. The van der Waals surface area contributed by atoms with Gasteiger partial charge in [0.15, 0.2) is 22.9 Å². The molecule has 0 N–H and O–H groups in total. The quantitative estimate of drug-likeness (QED) is 0.679. The molecule has 0 atom stereocenters. The first kappa shape index (κ1) is 8.87. The summed E-state index contributed by atoms with van der Waals surface area (Å²) in [6.07, 6.45) is 0.728. The van der Waals surface area contributed by atoms with Gasteiger partial charge in [0.1, 0.15) is 5.69 Å². The van der Waals surface area contributed by atoms with Crippen LogP contribution in [-0.2, 0) is 6.42 Å². The van der Waals surface area contributed by atoms with E-state index in [9.17, 15) is 4.79 Å². The maximum absolute atomic E-state index is 11.0. The second-order valence-corrected chi connectivity index (χ2v) is 3.04. The third-order valence-corrected chi connectivity index (χ3v) is 1.96. The number of nitrogens with zero attached hydrogens (tertiary/aromatic N) is 2. The molecule has 0 aliphatic carbocycles. The third-order valence-electron chi connectivity index (χ3n) is 1.96. The molecule has 2 aromatic rings. The molecule has 0 amide bonds. The van der Waals surface area contributed by atoms with Crippen molar-refractivity contribution in [1.82, 2.24) is 9.97 Å². The monoisotopic (exact) mass is 190 g/mol. The van der Waals surface area contributed by atoms with Crippen LogP contribution in [0.4, 0.5) is 0 Å². The van der Waals surface area contributed by atoms with Gasteiger partial charge < -0.3 is 4.42 Å². The molecule has 0 aromatic carbocycles. The van der Waals surface area contributed by atoms with E-state index in [1.165, 1.54) is 6.92 Å². The van der Waals surface area contributed by atoms with Crippen LogP contribution in [0.15, 0.2) is 16.5 Å². The van der Waals surface area contributed by atoms with Crippen molar-refractivity contribution in [2.45, 2.75) is 20.3 Å². The van der Waals surface area contributed by atoms with Gasteiger partial charge in [-0.25, -0.2) is 4.98 Å². The van der Waals surface area contributed by atoms with E-state index in [1.807, 2.05) is 6.92 Å². The zero-order valence-electron chi connectivity index (χ0n) is 8.07. The fourth-order valence-corrected chi connectivity index (χ4v) is 1.21. The van der Waals surface area contributed by atoms with Crippen LogP contribution in [0.3, 0.4) is 0 Å². The lowest BCUT2D eigenvalue weighted by molar-refractivity contribution is 0.101. The van der Waals surface area contributed by atoms with E-state index in [0.29, 0.717) is 22.8 Å². The van der Waals surface area contributed by atoms with Gasteiger partial charge in [0.05, 0.1) is 0 Å². The van der Waals surface area contributed by atoms with E-state index in [1.54, 1.807) is 12.1 Å². The van der Waals surface area contributed by atoms with Crippen LogP contribution in [0.5, 0.6) is 0 Å². The Labute approximate surface area is 81.0 Å². The molecule has 72 valence electrons. The maximum Gasteiger partial charge on any atom is 0.199 e. The lowest BCUT2D eigenvalue weighted by Crippen LogP contribution is -1.95. The van der Waals surface area contributed by atoms with Crippen molar-refractivity contribution >= 4 is 17.0 Å². The first-order valence-corrected chi connectivity index (χ1v) is 4.48. The zero-order chi connectivity index (χ0) is 10.1. The van der Waals surface area contributed by atoms with Gasteiger partial charge in [-0.1, -0.05) is 6.92 Å². The average Bonchev–Trinajstić information content (AvgIpc) is 2.58. The highest BCUT2D eigenvalue weighted by molar-refractivity contribution is 5.93. The van der Waals surface area contributed by atoms with Crippen LogP contribution in [0.2, 0.25) is 0 Å². The molecular formula is C10H10N2O2. The van der Waals surface area contributed by atoms with Gasteiger partial charge in [0, 0.05) is 13.3 Å². The summed E-state index contributed by atoms with van der Waals surface area (Å²) < 4.78 is 5.37. The van der Waals surface area contributed by atoms with E-state index in [-0.39, 0.29) is 5.78 Å². The molecule has 4 nitrogen and oxygen atoms in total. The number of fused-ring (bicyclic) bond motifs is 1. The molecule has 4 heteroatoms. The third kappa shape index (κ3) is 1.39. The number of ketones is 1. The van der Waals surface area contributed by atoms with Gasteiger partial charge in [-0.05, 0) is 12.1 Å². The largest absolute Gasteiger partial charge is 0.439 e. The number of oxazole rings is 1. The summed E-state index contributed by atoms with van der Waals surface area (Å²) >= 11 is 0. The highest BCUT2D eigenvalue weighted by Crippen LogP contribution is 2.14. The lowest BCUT2D eigenvalue weighted by atomic mass is 10.3.